The number of rotatable bonds is 6. The molecule has 0 aromatic heterocycles. The van der Waals surface area contributed by atoms with Crippen LogP contribution in [0.15, 0.2) is 0 Å². The van der Waals surface area contributed by atoms with E-state index in [0.717, 1.165) is 6.92 Å². The van der Waals surface area contributed by atoms with Gasteiger partial charge in [0.1, 0.15) is 0 Å². The van der Waals surface area contributed by atoms with Crippen molar-refractivity contribution in [2.75, 3.05) is 0 Å². The van der Waals surface area contributed by atoms with Crippen LogP contribution in [0.1, 0.15) is 19.8 Å². The third kappa shape index (κ3) is 4.04. The first-order chi connectivity index (χ1) is 7.73. The summed E-state index contributed by atoms with van der Waals surface area (Å²) in [5, 5.41) is -6.61. The van der Waals surface area contributed by atoms with E-state index in [1.165, 1.54) is 0 Å². The Morgan fingerprint density at radius 1 is 1.11 bits per heavy atom. The summed E-state index contributed by atoms with van der Waals surface area (Å²) in [4.78, 5) is 0. The quantitative estimate of drug-likeness (QED) is 0.372. The van der Waals surface area contributed by atoms with Crippen molar-refractivity contribution in [1.29, 1.82) is 0 Å². The topological polar surface area (TPSA) is 57.2 Å². The van der Waals surface area contributed by atoms with Crippen LogP contribution in [0.3, 0.4) is 0 Å². The summed E-state index contributed by atoms with van der Waals surface area (Å²) in [6.45, 7) is 1.11. The maximum atomic E-state index is 12.8. The van der Waals surface area contributed by atoms with Crippen molar-refractivity contribution in [3.63, 3.8) is 0 Å². The molecule has 0 saturated carbocycles. The van der Waals surface area contributed by atoms with Gasteiger partial charge < -0.3 is 4.55 Å². The molecule has 0 N–H and O–H groups in total. The van der Waals surface area contributed by atoms with Crippen LogP contribution in [0.4, 0.5) is 30.7 Å². The molecule has 0 aliphatic rings. The molecule has 1 unspecified atom stereocenters. The van der Waals surface area contributed by atoms with Crippen LogP contribution in [-0.4, -0.2) is 36.2 Å². The smallest absolute Gasteiger partial charge is 0.743 e. The first-order valence-electron chi connectivity index (χ1n) is 4.46. The fraction of sp³-hybridized carbons (Fsp3) is 1.00. The van der Waals surface area contributed by atoms with E-state index in [0.29, 0.717) is 0 Å². The molecule has 0 aromatic rings. The van der Waals surface area contributed by atoms with Gasteiger partial charge in [0.05, 0.1) is 0 Å². The molecule has 0 radical (unpaired) electrons. The number of halogens is 7. The zero-order valence-corrected chi connectivity index (χ0v) is 13.7. The predicted molar refractivity (Wildman–Crippen MR) is 44.3 cm³/mol. The molecule has 0 amide bonds. The first-order valence-corrected chi connectivity index (χ1v) is 5.87. The van der Waals surface area contributed by atoms with Crippen LogP contribution >= 0.6 is 0 Å². The van der Waals surface area contributed by atoms with Crippen molar-refractivity contribution in [2.45, 2.75) is 43.0 Å². The van der Waals surface area contributed by atoms with E-state index in [4.69, 9.17) is 0 Å². The normalized spacial score (nSPS) is 15.8. The minimum Gasteiger partial charge on any atom is -0.743 e. The minimum absolute atomic E-state index is 0. The van der Waals surface area contributed by atoms with Gasteiger partial charge in [-0.05, 0) is 6.42 Å². The van der Waals surface area contributed by atoms with Crippen molar-refractivity contribution in [3.8, 4) is 0 Å². The molecular weight excluding hydrogens is 336 g/mol. The fourth-order valence-electron chi connectivity index (χ4n) is 0.982. The second kappa shape index (κ2) is 6.88. The van der Waals surface area contributed by atoms with Gasteiger partial charge in [-0.25, -0.2) is 12.8 Å². The molecule has 1 atom stereocenters. The molecule has 3 nitrogen and oxygen atoms in total. The van der Waals surface area contributed by atoms with E-state index in [1.54, 1.807) is 0 Å². The maximum Gasteiger partial charge on any atom is 1.00 e. The van der Waals surface area contributed by atoms with Gasteiger partial charge in [-0.2, -0.15) is 26.3 Å². The summed E-state index contributed by atoms with van der Waals surface area (Å²) in [5.41, 5.74) is 0. The molecule has 0 saturated heterocycles. The van der Waals surface area contributed by atoms with E-state index < -0.39 is 39.8 Å². The van der Waals surface area contributed by atoms with Gasteiger partial charge in [0.25, 0.3) is 0 Å². The van der Waals surface area contributed by atoms with Crippen molar-refractivity contribution in [2.24, 2.45) is 0 Å². The Hall–Kier alpha value is 1.06. The Morgan fingerprint density at radius 3 is 1.74 bits per heavy atom. The Kier molecular flexibility index (Phi) is 8.09. The summed E-state index contributed by atoms with van der Waals surface area (Å²) in [6.07, 6.45) is -5.27. The Balaban J connectivity index is 0. The molecule has 12 heteroatoms. The number of hydrogen-bond acceptors (Lipinski definition) is 3. The van der Waals surface area contributed by atoms with Crippen LogP contribution in [0.2, 0.25) is 0 Å². The fourth-order valence-corrected chi connectivity index (χ4v) is 1.43. The Morgan fingerprint density at radius 2 is 1.47 bits per heavy atom. The molecule has 0 fully saturated rings. The monoisotopic (exact) mass is 344 g/mol. The number of alkyl halides is 7. The molecule has 0 bridgehead atoms. The van der Waals surface area contributed by atoms with E-state index in [-0.39, 0.29) is 57.8 Å². The van der Waals surface area contributed by atoms with Crippen molar-refractivity contribution < 1.29 is 95.1 Å². The SMILES string of the molecule is CCCC(F)C(F)(F)C(F)(F)C(F)(F)S(=O)(=O)[O-].[K+]. The van der Waals surface area contributed by atoms with Crippen LogP contribution in [-0.2, 0) is 10.1 Å². The summed E-state index contributed by atoms with van der Waals surface area (Å²) in [7, 11) is -7.07. The van der Waals surface area contributed by atoms with Crippen LogP contribution in [0, 0.1) is 0 Å². The van der Waals surface area contributed by atoms with Gasteiger partial charge >= 0.3 is 68.5 Å². The van der Waals surface area contributed by atoms with Gasteiger partial charge in [0.15, 0.2) is 16.3 Å². The average Bonchev–Trinajstić information content (AvgIpc) is 2.15. The molecule has 0 aliphatic heterocycles. The molecule has 0 rings (SSSR count). The Labute approximate surface area is 147 Å². The van der Waals surface area contributed by atoms with Crippen molar-refractivity contribution >= 4 is 10.1 Å². The first kappa shape index (κ1) is 22.3. The van der Waals surface area contributed by atoms with Crippen LogP contribution < -0.4 is 51.4 Å². The standard InChI is InChI=1S/C7H9F7O3S.K/c1-2-3-4(8)5(9,10)6(11,12)7(13,14)18(15,16)17;/h4H,2-3H2,1H3,(H,15,16,17);/q;+1/p-1. The largest absolute Gasteiger partial charge is 1.00 e. The van der Waals surface area contributed by atoms with Gasteiger partial charge in [0, 0.05) is 0 Å². The second-order valence-electron chi connectivity index (χ2n) is 3.42. The summed E-state index contributed by atoms with van der Waals surface area (Å²) in [5.74, 6) is -12.6. The minimum atomic E-state index is -7.07. The third-order valence-corrected chi connectivity index (χ3v) is 2.92. The van der Waals surface area contributed by atoms with Gasteiger partial charge in [-0.3, -0.25) is 0 Å². The van der Waals surface area contributed by atoms with Gasteiger partial charge in [-0.15, -0.1) is 0 Å². The van der Waals surface area contributed by atoms with E-state index in [2.05, 4.69) is 0 Å². The molecule has 0 aromatic carbocycles. The second-order valence-corrected chi connectivity index (χ2v) is 4.85. The summed E-state index contributed by atoms with van der Waals surface area (Å²) in [6, 6.07) is 0. The molecule has 0 heterocycles. The average molecular weight is 344 g/mol. The van der Waals surface area contributed by atoms with Crippen molar-refractivity contribution in [1.82, 2.24) is 0 Å². The zero-order chi connectivity index (χ0) is 15.0. The summed E-state index contributed by atoms with van der Waals surface area (Å²) >= 11 is 0. The molecule has 0 aliphatic carbocycles. The van der Waals surface area contributed by atoms with E-state index >= 15 is 0 Å². The van der Waals surface area contributed by atoms with Crippen molar-refractivity contribution in [3.05, 3.63) is 0 Å². The van der Waals surface area contributed by atoms with Gasteiger partial charge in [0.2, 0.25) is 0 Å². The Bertz CT molecular complexity index is 397. The molecule has 19 heavy (non-hydrogen) atoms. The molecular formula is C7H8F7KO3S. The molecule has 0 spiro atoms. The maximum absolute atomic E-state index is 12.8. The number of hydrogen-bond donors (Lipinski definition) is 0. The van der Waals surface area contributed by atoms with Crippen LogP contribution in [0.5, 0.6) is 0 Å². The van der Waals surface area contributed by atoms with Crippen LogP contribution in [0.25, 0.3) is 0 Å². The zero-order valence-electron chi connectivity index (χ0n) is 9.77. The summed E-state index contributed by atoms with van der Waals surface area (Å²) < 4.78 is 118. The van der Waals surface area contributed by atoms with E-state index in [9.17, 15) is 43.7 Å². The van der Waals surface area contributed by atoms with Gasteiger partial charge in [-0.1, -0.05) is 13.3 Å². The third-order valence-electron chi connectivity index (χ3n) is 2.03. The van der Waals surface area contributed by atoms with E-state index in [1.807, 2.05) is 0 Å². The molecule has 110 valence electrons. The predicted octanol–water partition coefficient (Wildman–Crippen LogP) is -0.463.